The molecule has 0 bridgehead atoms. The Labute approximate surface area is 215 Å². The summed E-state index contributed by atoms with van der Waals surface area (Å²) in [6.45, 7) is 5.51. The fraction of sp³-hybridized carbons (Fsp3) is 0.143. The maximum absolute atomic E-state index is 14.3. The Morgan fingerprint density at radius 1 is 1.05 bits per heavy atom. The molecule has 6 rings (SSSR count). The van der Waals surface area contributed by atoms with Crippen LogP contribution in [-0.4, -0.2) is 29.7 Å². The van der Waals surface area contributed by atoms with Crippen LogP contribution in [0.25, 0.3) is 44.4 Å². The molecular weight excluding hydrogens is 485 g/mol. The third-order valence-electron chi connectivity index (χ3n) is 6.56. The molecule has 10 heteroatoms. The molecular formula is C28H22FN7O2. The topological polar surface area (TPSA) is 126 Å². The van der Waals surface area contributed by atoms with Gasteiger partial charge in [0.25, 0.3) is 0 Å². The summed E-state index contributed by atoms with van der Waals surface area (Å²) in [5.74, 6) is 0.721. The zero-order valence-electron chi connectivity index (χ0n) is 20.8. The van der Waals surface area contributed by atoms with Crippen molar-refractivity contribution >= 4 is 27.8 Å². The highest BCUT2D eigenvalue weighted by Crippen LogP contribution is 2.36. The number of benzene rings is 2. The van der Waals surface area contributed by atoms with Crippen LogP contribution < -0.4 is 11.2 Å². The van der Waals surface area contributed by atoms with E-state index in [-0.39, 0.29) is 16.8 Å². The van der Waals surface area contributed by atoms with Crippen LogP contribution in [0.4, 0.5) is 10.2 Å². The highest BCUT2D eigenvalue weighted by molar-refractivity contribution is 5.98. The lowest BCUT2D eigenvalue weighted by molar-refractivity contribution is 0.446. The van der Waals surface area contributed by atoms with Crippen LogP contribution >= 0.6 is 0 Å². The van der Waals surface area contributed by atoms with E-state index in [1.54, 1.807) is 47.3 Å². The molecule has 4 heterocycles. The Hall–Kier alpha value is -4.99. The number of para-hydroxylation sites is 1. The average molecular weight is 508 g/mol. The molecule has 6 aromatic rings. The van der Waals surface area contributed by atoms with Gasteiger partial charge in [-0.3, -0.25) is 4.79 Å². The van der Waals surface area contributed by atoms with E-state index < -0.39 is 11.9 Å². The van der Waals surface area contributed by atoms with Gasteiger partial charge in [0.2, 0.25) is 5.43 Å². The Morgan fingerprint density at radius 3 is 2.66 bits per heavy atom. The van der Waals surface area contributed by atoms with Gasteiger partial charge in [-0.2, -0.15) is 5.10 Å². The summed E-state index contributed by atoms with van der Waals surface area (Å²) in [6, 6.07) is 12.2. The maximum atomic E-state index is 14.3. The minimum atomic E-state index is -0.636. The number of fused-ring (bicyclic) bond motifs is 2. The SMILES string of the molecule is Cc1ncc(-c2nn(C(C)c3oc4ccccc4c(=O)c3-c3cccc(F)c3)c3ncnc(N)c23)c(C)n1. The number of hydrogen-bond donors (Lipinski definition) is 1. The lowest BCUT2D eigenvalue weighted by atomic mass is 9.99. The van der Waals surface area contributed by atoms with E-state index in [1.807, 2.05) is 20.8 Å². The van der Waals surface area contributed by atoms with Gasteiger partial charge in [-0.25, -0.2) is 29.0 Å². The van der Waals surface area contributed by atoms with Gasteiger partial charge in [0.1, 0.15) is 46.9 Å². The molecule has 0 spiro atoms. The van der Waals surface area contributed by atoms with Crippen molar-refractivity contribution in [1.82, 2.24) is 29.7 Å². The molecule has 0 amide bonds. The highest BCUT2D eigenvalue weighted by atomic mass is 19.1. The minimum absolute atomic E-state index is 0.244. The second-order valence-electron chi connectivity index (χ2n) is 9.02. The van der Waals surface area contributed by atoms with Gasteiger partial charge in [-0.15, -0.1) is 0 Å². The Kier molecular flexibility index (Phi) is 5.45. The predicted molar refractivity (Wildman–Crippen MR) is 142 cm³/mol. The molecule has 188 valence electrons. The van der Waals surface area contributed by atoms with Crippen molar-refractivity contribution in [1.29, 1.82) is 0 Å². The average Bonchev–Trinajstić information content (AvgIpc) is 3.29. The number of nitrogens with two attached hydrogens (primary N) is 1. The van der Waals surface area contributed by atoms with Crippen LogP contribution in [0.5, 0.6) is 0 Å². The second-order valence-corrected chi connectivity index (χ2v) is 9.02. The summed E-state index contributed by atoms with van der Waals surface area (Å²) >= 11 is 0. The molecule has 2 N–H and O–H groups in total. The Bertz CT molecular complexity index is 1930. The molecule has 9 nitrogen and oxygen atoms in total. The van der Waals surface area contributed by atoms with Crippen molar-refractivity contribution in [3.05, 3.63) is 94.4 Å². The molecule has 1 atom stereocenters. The van der Waals surface area contributed by atoms with E-state index in [0.717, 1.165) is 5.69 Å². The van der Waals surface area contributed by atoms with Crippen LogP contribution in [0.15, 0.2) is 70.3 Å². The van der Waals surface area contributed by atoms with E-state index in [0.29, 0.717) is 50.4 Å². The first-order valence-corrected chi connectivity index (χ1v) is 11.9. The number of nitrogens with zero attached hydrogens (tertiary/aromatic N) is 6. The monoisotopic (exact) mass is 507 g/mol. The zero-order chi connectivity index (χ0) is 26.6. The van der Waals surface area contributed by atoms with Crippen LogP contribution in [0, 0.1) is 19.7 Å². The minimum Gasteiger partial charge on any atom is -0.458 e. The summed E-state index contributed by atoms with van der Waals surface area (Å²) in [5, 5.41) is 5.80. The van der Waals surface area contributed by atoms with Gasteiger partial charge in [0, 0.05) is 11.8 Å². The van der Waals surface area contributed by atoms with Gasteiger partial charge in [-0.05, 0) is 50.6 Å². The zero-order valence-corrected chi connectivity index (χ0v) is 20.8. The number of rotatable bonds is 4. The van der Waals surface area contributed by atoms with Gasteiger partial charge >= 0.3 is 0 Å². The summed E-state index contributed by atoms with van der Waals surface area (Å²) < 4.78 is 22.2. The van der Waals surface area contributed by atoms with Crippen molar-refractivity contribution in [3.63, 3.8) is 0 Å². The third-order valence-corrected chi connectivity index (χ3v) is 6.56. The number of aryl methyl sites for hydroxylation is 2. The first kappa shape index (κ1) is 23.4. The van der Waals surface area contributed by atoms with Crippen molar-refractivity contribution in [2.24, 2.45) is 0 Å². The largest absolute Gasteiger partial charge is 0.458 e. The maximum Gasteiger partial charge on any atom is 0.200 e. The smallest absolute Gasteiger partial charge is 0.200 e. The molecule has 1 unspecified atom stereocenters. The number of aromatic nitrogens is 6. The fourth-order valence-corrected chi connectivity index (χ4v) is 4.75. The van der Waals surface area contributed by atoms with Gasteiger partial charge in [-0.1, -0.05) is 24.3 Å². The highest BCUT2D eigenvalue weighted by Gasteiger charge is 2.27. The van der Waals surface area contributed by atoms with Crippen LogP contribution in [0.1, 0.15) is 30.2 Å². The molecule has 0 fully saturated rings. The lowest BCUT2D eigenvalue weighted by Gasteiger charge is -2.17. The van der Waals surface area contributed by atoms with Crippen molar-refractivity contribution < 1.29 is 8.81 Å². The van der Waals surface area contributed by atoms with E-state index in [9.17, 15) is 9.18 Å². The molecule has 0 radical (unpaired) electrons. The van der Waals surface area contributed by atoms with E-state index in [2.05, 4.69) is 19.9 Å². The third kappa shape index (κ3) is 3.69. The Morgan fingerprint density at radius 2 is 1.87 bits per heavy atom. The molecule has 0 saturated carbocycles. The number of nitrogen functional groups attached to an aromatic ring is 1. The summed E-state index contributed by atoms with van der Waals surface area (Å²) in [4.78, 5) is 31.2. The van der Waals surface area contributed by atoms with E-state index in [1.165, 1.54) is 18.5 Å². The fourth-order valence-electron chi connectivity index (χ4n) is 4.75. The van der Waals surface area contributed by atoms with Gasteiger partial charge in [0.15, 0.2) is 5.65 Å². The second kappa shape index (κ2) is 8.84. The normalized spacial score (nSPS) is 12.3. The molecule has 0 aliphatic heterocycles. The molecule has 2 aromatic carbocycles. The van der Waals surface area contributed by atoms with Crippen molar-refractivity contribution in [3.8, 4) is 22.4 Å². The number of anilines is 1. The first-order chi connectivity index (χ1) is 18.3. The van der Waals surface area contributed by atoms with E-state index in [4.69, 9.17) is 15.2 Å². The van der Waals surface area contributed by atoms with Crippen molar-refractivity contribution in [2.45, 2.75) is 26.8 Å². The molecule has 0 aliphatic carbocycles. The molecule has 4 aromatic heterocycles. The molecule has 0 saturated heterocycles. The molecule has 0 aliphatic rings. The standard InChI is InChI=1S/C28H22FN7O2/c1-14-20(12-31-16(3)34-14)24-23-27(30)32-13-33-28(23)36(35-24)15(2)26-22(17-7-6-8-18(29)11-17)25(37)19-9-4-5-10-21(19)38-26/h4-13,15H,1-3H3,(H2,30,32,33). The van der Waals surface area contributed by atoms with Crippen LogP contribution in [0.2, 0.25) is 0 Å². The van der Waals surface area contributed by atoms with E-state index >= 15 is 0 Å². The van der Waals surface area contributed by atoms with Gasteiger partial charge in [0.05, 0.1) is 22.0 Å². The van der Waals surface area contributed by atoms with Gasteiger partial charge < -0.3 is 10.2 Å². The summed E-state index contributed by atoms with van der Waals surface area (Å²) in [5.41, 5.74) is 9.45. The molecule has 38 heavy (non-hydrogen) atoms. The number of hydrogen-bond acceptors (Lipinski definition) is 8. The first-order valence-electron chi connectivity index (χ1n) is 11.9. The Balaban J connectivity index is 1.65. The van der Waals surface area contributed by atoms with Crippen molar-refractivity contribution in [2.75, 3.05) is 5.73 Å². The van der Waals surface area contributed by atoms with Crippen LogP contribution in [-0.2, 0) is 0 Å². The lowest BCUT2D eigenvalue weighted by Crippen LogP contribution is -2.16. The van der Waals surface area contributed by atoms with Crippen LogP contribution in [0.3, 0.4) is 0 Å². The summed E-state index contributed by atoms with van der Waals surface area (Å²) in [6.07, 6.45) is 3.05. The summed E-state index contributed by atoms with van der Waals surface area (Å²) in [7, 11) is 0. The quantitative estimate of drug-likeness (QED) is 0.353. The predicted octanol–water partition coefficient (Wildman–Crippen LogP) is 5.00. The number of halogens is 1.